The van der Waals surface area contributed by atoms with Crippen LogP contribution in [-0.4, -0.2) is 25.0 Å². The van der Waals surface area contributed by atoms with Crippen LogP contribution in [0.2, 0.25) is 0 Å². The van der Waals surface area contributed by atoms with Crippen LogP contribution in [0, 0.1) is 0 Å². The quantitative estimate of drug-likeness (QED) is 0.508. The maximum absolute atomic E-state index is 4.08. The molecule has 3 heterocycles. The molecule has 6 heteroatoms. The molecule has 0 saturated heterocycles. The van der Waals surface area contributed by atoms with Crippen LogP contribution in [0.25, 0.3) is 16.0 Å². The molecule has 12 heavy (non-hydrogen) atoms. The van der Waals surface area contributed by atoms with Gasteiger partial charge in [0.2, 0.25) is 0 Å². The number of thiophene rings is 1. The second-order valence-corrected chi connectivity index (χ2v) is 3.22. The third-order valence-corrected chi connectivity index (χ3v) is 2.54. The van der Waals surface area contributed by atoms with Crippen LogP contribution < -0.4 is 0 Å². The zero-order chi connectivity index (χ0) is 7.97. The molecule has 0 spiro atoms. The van der Waals surface area contributed by atoms with E-state index in [1.807, 2.05) is 11.4 Å². The van der Waals surface area contributed by atoms with Crippen molar-refractivity contribution < 1.29 is 0 Å². The maximum atomic E-state index is 4.08. The first-order valence-electron chi connectivity index (χ1n) is 3.35. The zero-order valence-electron chi connectivity index (χ0n) is 5.88. The van der Waals surface area contributed by atoms with E-state index in [1.165, 1.54) is 0 Å². The standard InChI is InChI=1S/C6H3N5S/c1-2-12-5-4(1)3-7-6-8-9-10-11(5)6/h1-3H. The van der Waals surface area contributed by atoms with Gasteiger partial charge in [0, 0.05) is 11.6 Å². The molecule has 3 aromatic rings. The summed E-state index contributed by atoms with van der Waals surface area (Å²) < 4.78 is 1.64. The summed E-state index contributed by atoms with van der Waals surface area (Å²) in [6, 6.07) is 1.99. The van der Waals surface area contributed by atoms with E-state index in [0.29, 0.717) is 5.78 Å². The predicted octanol–water partition coefficient (Wildman–Crippen LogP) is 0.734. The van der Waals surface area contributed by atoms with E-state index in [4.69, 9.17) is 0 Å². The highest BCUT2D eigenvalue weighted by atomic mass is 32.1. The number of nitrogens with zero attached hydrogens (tertiary/aromatic N) is 5. The van der Waals surface area contributed by atoms with Crippen molar-refractivity contribution in [3.63, 3.8) is 0 Å². The van der Waals surface area contributed by atoms with Crippen molar-refractivity contribution in [2.45, 2.75) is 0 Å². The highest BCUT2D eigenvalue weighted by Crippen LogP contribution is 2.18. The molecular weight excluding hydrogens is 174 g/mol. The lowest BCUT2D eigenvalue weighted by atomic mass is 10.4. The van der Waals surface area contributed by atoms with Crippen LogP contribution in [0.5, 0.6) is 0 Å². The highest BCUT2D eigenvalue weighted by molar-refractivity contribution is 7.16. The molecule has 0 aliphatic heterocycles. The normalized spacial score (nSPS) is 11.3. The molecule has 0 aliphatic carbocycles. The molecular formula is C6H3N5S. The lowest BCUT2D eigenvalue weighted by Crippen LogP contribution is -1.89. The third kappa shape index (κ3) is 0.620. The molecule has 3 aromatic heterocycles. The summed E-state index contributed by atoms with van der Waals surface area (Å²) in [5, 5.41) is 14.2. The van der Waals surface area contributed by atoms with Crippen LogP contribution in [0.1, 0.15) is 0 Å². The topological polar surface area (TPSA) is 56.0 Å². The van der Waals surface area contributed by atoms with E-state index in [0.717, 1.165) is 10.2 Å². The van der Waals surface area contributed by atoms with Gasteiger partial charge in [0.15, 0.2) is 0 Å². The first kappa shape index (κ1) is 6.01. The Morgan fingerprint density at radius 2 is 2.42 bits per heavy atom. The largest absolute Gasteiger partial charge is 0.274 e. The van der Waals surface area contributed by atoms with E-state index < -0.39 is 0 Å². The van der Waals surface area contributed by atoms with Gasteiger partial charge in [-0.25, -0.2) is 4.98 Å². The Morgan fingerprint density at radius 3 is 3.42 bits per heavy atom. The van der Waals surface area contributed by atoms with Crippen LogP contribution in [0.4, 0.5) is 0 Å². The molecule has 0 atom stereocenters. The summed E-state index contributed by atoms with van der Waals surface area (Å²) in [4.78, 5) is 5.11. The number of tetrazole rings is 1. The summed E-state index contributed by atoms with van der Waals surface area (Å²) >= 11 is 1.60. The summed E-state index contributed by atoms with van der Waals surface area (Å²) in [6.07, 6.45) is 1.78. The Balaban J connectivity index is 2.71. The lowest BCUT2D eigenvalue weighted by Gasteiger charge is -1.89. The van der Waals surface area contributed by atoms with Gasteiger partial charge in [-0.15, -0.1) is 11.3 Å². The molecule has 58 valence electrons. The molecule has 0 aromatic carbocycles. The van der Waals surface area contributed by atoms with Crippen molar-refractivity contribution in [1.82, 2.24) is 25.0 Å². The Bertz CT molecular complexity index is 489. The first-order valence-corrected chi connectivity index (χ1v) is 4.23. The van der Waals surface area contributed by atoms with Gasteiger partial charge in [-0.05, 0) is 21.9 Å². The van der Waals surface area contributed by atoms with Gasteiger partial charge < -0.3 is 0 Å². The summed E-state index contributed by atoms with van der Waals surface area (Å²) in [5.74, 6) is 0.546. The van der Waals surface area contributed by atoms with E-state index in [9.17, 15) is 0 Å². The lowest BCUT2D eigenvalue weighted by molar-refractivity contribution is 0.844. The van der Waals surface area contributed by atoms with Crippen molar-refractivity contribution in [3.8, 4) is 0 Å². The Labute approximate surface area is 70.7 Å². The minimum atomic E-state index is 0.546. The molecule has 0 bridgehead atoms. The summed E-state index contributed by atoms with van der Waals surface area (Å²) in [7, 11) is 0. The van der Waals surface area contributed by atoms with Crippen LogP contribution in [-0.2, 0) is 0 Å². The number of hydrogen-bond donors (Lipinski definition) is 0. The molecule has 5 nitrogen and oxygen atoms in total. The molecule has 0 saturated carbocycles. The van der Waals surface area contributed by atoms with Crippen molar-refractivity contribution >= 4 is 27.3 Å². The molecule has 0 N–H and O–H groups in total. The van der Waals surface area contributed by atoms with Gasteiger partial charge in [0.05, 0.1) is 0 Å². The Morgan fingerprint density at radius 1 is 1.42 bits per heavy atom. The van der Waals surface area contributed by atoms with Crippen molar-refractivity contribution in [2.24, 2.45) is 0 Å². The first-order chi connectivity index (χ1) is 5.95. The van der Waals surface area contributed by atoms with Crippen LogP contribution in [0.3, 0.4) is 0 Å². The monoisotopic (exact) mass is 177 g/mol. The van der Waals surface area contributed by atoms with Crippen LogP contribution >= 0.6 is 11.3 Å². The number of hydrogen-bond acceptors (Lipinski definition) is 5. The Hall–Kier alpha value is -1.56. The van der Waals surface area contributed by atoms with E-state index in [2.05, 4.69) is 20.5 Å². The summed E-state index contributed by atoms with van der Waals surface area (Å²) in [5.41, 5.74) is 0. The minimum Gasteiger partial charge on any atom is -0.217 e. The van der Waals surface area contributed by atoms with Gasteiger partial charge in [0.25, 0.3) is 5.78 Å². The third-order valence-electron chi connectivity index (χ3n) is 1.64. The fourth-order valence-corrected chi connectivity index (χ4v) is 1.92. The average molecular weight is 177 g/mol. The van der Waals surface area contributed by atoms with E-state index in [-0.39, 0.29) is 0 Å². The molecule has 0 amide bonds. The van der Waals surface area contributed by atoms with Gasteiger partial charge in [-0.3, -0.25) is 0 Å². The fourth-order valence-electron chi connectivity index (χ4n) is 1.10. The zero-order valence-corrected chi connectivity index (χ0v) is 6.69. The van der Waals surface area contributed by atoms with Gasteiger partial charge in [-0.1, -0.05) is 5.10 Å². The van der Waals surface area contributed by atoms with Gasteiger partial charge in [0.1, 0.15) is 4.83 Å². The van der Waals surface area contributed by atoms with Crippen molar-refractivity contribution in [2.75, 3.05) is 0 Å². The smallest absolute Gasteiger partial charge is 0.217 e. The fraction of sp³-hybridized carbons (Fsp3) is 0. The molecule has 0 fully saturated rings. The number of fused-ring (bicyclic) bond motifs is 3. The molecule has 3 rings (SSSR count). The van der Waals surface area contributed by atoms with Crippen LogP contribution in [0.15, 0.2) is 17.6 Å². The van der Waals surface area contributed by atoms with E-state index >= 15 is 0 Å². The maximum Gasteiger partial charge on any atom is 0.274 e. The average Bonchev–Trinajstić information content (AvgIpc) is 2.71. The van der Waals surface area contributed by atoms with Gasteiger partial charge >= 0.3 is 0 Å². The molecule has 0 radical (unpaired) electrons. The second-order valence-electron chi connectivity index (χ2n) is 2.33. The van der Waals surface area contributed by atoms with Crippen molar-refractivity contribution in [1.29, 1.82) is 0 Å². The molecule has 0 aliphatic rings. The molecule has 0 unspecified atom stereocenters. The number of rotatable bonds is 0. The summed E-state index contributed by atoms with van der Waals surface area (Å²) in [6.45, 7) is 0. The van der Waals surface area contributed by atoms with Gasteiger partial charge in [-0.2, -0.15) is 4.52 Å². The highest BCUT2D eigenvalue weighted by Gasteiger charge is 2.03. The predicted molar refractivity (Wildman–Crippen MR) is 44.0 cm³/mol. The minimum absolute atomic E-state index is 0.546. The number of aromatic nitrogens is 5. The van der Waals surface area contributed by atoms with E-state index in [1.54, 1.807) is 22.0 Å². The van der Waals surface area contributed by atoms with Crippen molar-refractivity contribution in [3.05, 3.63) is 17.6 Å². The SMILES string of the molecule is c1cc2cnc3nnnn3c2s1. The Kier molecular flexibility index (Phi) is 0.991. The second kappa shape index (κ2) is 1.98.